The normalized spacial score (nSPS) is 13.9. The second kappa shape index (κ2) is 10.8. The van der Waals surface area contributed by atoms with Crippen LogP contribution in [0.3, 0.4) is 0 Å². The Bertz CT molecular complexity index is 1160. The lowest BCUT2D eigenvalue weighted by atomic mass is 10.1. The lowest BCUT2D eigenvalue weighted by Gasteiger charge is -2.30. The number of pyridine rings is 1. The number of amides is 1. The number of nitrogens with zero attached hydrogens (tertiary/aromatic N) is 2. The smallest absolute Gasteiger partial charge is 0.274 e. The van der Waals surface area contributed by atoms with E-state index < -0.39 is 28.7 Å². The number of ether oxygens (including phenoxy) is 1. The van der Waals surface area contributed by atoms with E-state index in [2.05, 4.69) is 0 Å². The Kier molecular flexibility index (Phi) is 8.04. The highest BCUT2D eigenvalue weighted by Gasteiger charge is 2.30. The molecule has 1 aliphatic rings. The molecule has 176 valence electrons. The minimum atomic E-state index is -0.815. The summed E-state index contributed by atoms with van der Waals surface area (Å²) in [5, 5.41) is 18.8. The molecular formula is C23H25F2N3O4S. The van der Waals surface area contributed by atoms with Crippen molar-refractivity contribution in [2.45, 2.75) is 26.3 Å². The summed E-state index contributed by atoms with van der Waals surface area (Å²) in [5.41, 5.74) is -0.713. The zero-order valence-corrected chi connectivity index (χ0v) is 19.2. The summed E-state index contributed by atoms with van der Waals surface area (Å²) >= 11 is 0.964. The Morgan fingerprint density at radius 1 is 1.30 bits per heavy atom. The molecule has 0 saturated heterocycles. The van der Waals surface area contributed by atoms with Gasteiger partial charge < -0.3 is 19.3 Å². The Labute approximate surface area is 194 Å². The van der Waals surface area contributed by atoms with Gasteiger partial charge in [-0.3, -0.25) is 15.0 Å². The average molecular weight is 478 g/mol. The number of hydrogen-bond donors (Lipinski definition) is 2. The number of carbonyl (C=O) groups excluding carboxylic acids is 1. The van der Waals surface area contributed by atoms with Gasteiger partial charge >= 0.3 is 0 Å². The van der Waals surface area contributed by atoms with E-state index in [9.17, 15) is 23.5 Å². The fourth-order valence-electron chi connectivity index (χ4n) is 3.52. The van der Waals surface area contributed by atoms with E-state index in [4.69, 9.17) is 10.1 Å². The first kappa shape index (κ1) is 24.7. The predicted octanol–water partition coefficient (Wildman–Crippen LogP) is 3.53. The molecule has 2 heterocycles. The second-order valence-electron chi connectivity index (χ2n) is 7.47. The van der Waals surface area contributed by atoms with Gasteiger partial charge in [0, 0.05) is 45.4 Å². The van der Waals surface area contributed by atoms with Crippen LogP contribution >= 0.6 is 11.8 Å². The summed E-state index contributed by atoms with van der Waals surface area (Å²) in [6.07, 6.45) is 3.94. The van der Waals surface area contributed by atoms with Gasteiger partial charge in [-0.15, -0.1) is 0 Å². The first-order valence-electron chi connectivity index (χ1n) is 10.4. The van der Waals surface area contributed by atoms with Crippen LogP contribution in [0.2, 0.25) is 0 Å². The molecule has 0 spiro atoms. The number of carbonyl (C=O) groups is 1. The molecule has 1 aliphatic heterocycles. The van der Waals surface area contributed by atoms with Crippen LogP contribution in [-0.4, -0.2) is 52.3 Å². The number of hydrogen-bond acceptors (Lipinski definition) is 6. The van der Waals surface area contributed by atoms with Crippen molar-refractivity contribution >= 4 is 22.7 Å². The topological polar surface area (TPSA) is 95.6 Å². The van der Waals surface area contributed by atoms with Crippen LogP contribution in [-0.2, 0) is 17.7 Å². The Balaban J connectivity index is 1.86. The second-order valence-corrected chi connectivity index (χ2v) is 8.61. The largest absolute Gasteiger partial charge is 0.503 e. The molecule has 1 aromatic carbocycles. The van der Waals surface area contributed by atoms with Gasteiger partial charge in [-0.2, -0.15) is 0 Å². The van der Waals surface area contributed by atoms with Crippen LogP contribution in [0.1, 0.15) is 35.0 Å². The van der Waals surface area contributed by atoms with Gasteiger partial charge in [-0.25, -0.2) is 8.78 Å². The van der Waals surface area contributed by atoms with E-state index in [0.29, 0.717) is 37.6 Å². The van der Waals surface area contributed by atoms with Gasteiger partial charge in [0.2, 0.25) is 5.43 Å². The molecule has 7 nitrogen and oxygen atoms in total. The van der Waals surface area contributed by atoms with E-state index in [1.54, 1.807) is 6.08 Å². The van der Waals surface area contributed by atoms with Crippen molar-refractivity contribution < 1.29 is 23.4 Å². The number of aromatic nitrogens is 1. The number of allylic oxidation sites excluding steroid dienone is 2. The number of nitrogens with one attached hydrogen (secondary N) is 1. The summed E-state index contributed by atoms with van der Waals surface area (Å²) < 4.78 is 33.8. The number of rotatable bonds is 8. The van der Waals surface area contributed by atoms with Crippen molar-refractivity contribution in [1.29, 1.82) is 5.41 Å². The molecule has 2 aromatic rings. The van der Waals surface area contributed by atoms with Crippen LogP contribution in [0.5, 0.6) is 5.75 Å². The van der Waals surface area contributed by atoms with E-state index in [1.165, 1.54) is 34.9 Å². The summed E-state index contributed by atoms with van der Waals surface area (Å²) in [6.45, 7) is 3.27. The molecule has 0 fully saturated rings. The molecular weight excluding hydrogens is 452 g/mol. The van der Waals surface area contributed by atoms with Crippen molar-refractivity contribution in [3.05, 3.63) is 74.1 Å². The maximum absolute atomic E-state index is 14.1. The highest BCUT2D eigenvalue weighted by molar-refractivity contribution is 8.17. The standard InChI is InChI=1S/C23H25F2N3O4S/c1-3-4-16(11-14-5-6-15(24)12-18(14)25)33-22(26)17-13-28-8-7-27(9-10-32-2)23(31)19(28)21(30)20(17)29/h4-6,12-13,26,30H,3,7-11H2,1-2H3/b16-4+,26-22?. The molecule has 1 amide bonds. The Morgan fingerprint density at radius 2 is 2.06 bits per heavy atom. The van der Waals surface area contributed by atoms with Gasteiger partial charge in [0.1, 0.15) is 16.7 Å². The molecule has 0 radical (unpaired) electrons. The first-order chi connectivity index (χ1) is 15.8. The monoisotopic (exact) mass is 477 g/mol. The average Bonchev–Trinajstić information content (AvgIpc) is 2.77. The van der Waals surface area contributed by atoms with Gasteiger partial charge in [-0.05, 0) is 23.0 Å². The number of thioether (sulfide) groups is 1. The lowest BCUT2D eigenvalue weighted by Crippen LogP contribution is -2.43. The lowest BCUT2D eigenvalue weighted by molar-refractivity contribution is 0.0634. The van der Waals surface area contributed by atoms with Gasteiger partial charge in [0.05, 0.1) is 12.2 Å². The van der Waals surface area contributed by atoms with Crippen LogP contribution in [0, 0.1) is 17.0 Å². The van der Waals surface area contributed by atoms with E-state index in [-0.39, 0.29) is 28.3 Å². The first-order valence-corrected chi connectivity index (χ1v) is 11.2. The Hall–Kier alpha value is -2.98. The fourth-order valence-corrected chi connectivity index (χ4v) is 4.52. The summed E-state index contributed by atoms with van der Waals surface area (Å²) in [5.74, 6) is -2.54. The maximum atomic E-state index is 14.1. The zero-order chi connectivity index (χ0) is 24.1. The van der Waals surface area contributed by atoms with Crippen molar-refractivity contribution in [2.24, 2.45) is 0 Å². The number of fused-ring (bicyclic) bond motifs is 1. The molecule has 1 aromatic heterocycles. The van der Waals surface area contributed by atoms with E-state index >= 15 is 0 Å². The predicted molar refractivity (Wildman–Crippen MR) is 123 cm³/mol. The third-order valence-corrected chi connectivity index (χ3v) is 6.21. The summed E-state index contributed by atoms with van der Waals surface area (Å²) in [4.78, 5) is 27.6. The molecule has 3 rings (SSSR count). The van der Waals surface area contributed by atoms with Crippen molar-refractivity contribution in [3.8, 4) is 5.75 Å². The SMILES string of the molecule is CC/C=C(\Cc1ccc(F)cc1F)SC(=N)c1cn2c(c(O)c1=O)C(=O)N(CCOC)CC2. The zero-order valence-electron chi connectivity index (χ0n) is 18.4. The number of methoxy groups -OCH3 is 1. The van der Waals surface area contributed by atoms with Gasteiger partial charge in [0.15, 0.2) is 11.4 Å². The van der Waals surface area contributed by atoms with Crippen LogP contribution in [0.15, 0.2) is 40.2 Å². The third kappa shape index (κ3) is 5.51. The van der Waals surface area contributed by atoms with Crippen molar-refractivity contribution in [2.75, 3.05) is 26.8 Å². The van der Waals surface area contributed by atoms with E-state index in [1.807, 2.05) is 6.92 Å². The molecule has 0 bridgehead atoms. The molecule has 10 heteroatoms. The fraction of sp³-hybridized carbons (Fsp3) is 0.348. The minimum absolute atomic E-state index is 0.0547. The number of aromatic hydroxyl groups is 1. The molecule has 0 saturated carbocycles. The summed E-state index contributed by atoms with van der Waals surface area (Å²) in [7, 11) is 1.52. The third-order valence-electron chi connectivity index (χ3n) is 5.21. The summed E-state index contributed by atoms with van der Waals surface area (Å²) in [6, 6.07) is 3.31. The minimum Gasteiger partial charge on any atom is -0.503 e. The molecule has 0 aliphatic carbocycles. The van der Waals surface area contributed by atoms with Crippen LogP contribution in [0.4, 0.5) is 8.78 Å². The molecule has 2 N–H and O–H groups in total. The molecule has 0 atom stereocenters. The highest BCUT2D eigenvalue weighted by Crippen LogP contribution is 2.28. The van der Waals surface area contributed by atoms with Crippen LogP contribution in [0.25, 0.3) is 0 Å². The molecule has 33 heavy (non-hydrogen) atoms. The van der Waals surface area contributed by atoms with Gasteiger partial charge in [0.25, 0.3) is 5.91 Å². The van der Waals surface area contributed by atoms with Crippen molar-refractivity contribution in [1.82, 2.24) is 9.47 Å². The van der Waals surface area contributed by atoms with E-state index in [0.717, 1.165) is 17.8 Å². The van der Waals surface area contributed by atoms with Crippen LogP contribution < -0.4 is 5.43 Å². The number of halogens is 2. The van der Waals surface area contributed by atoms with Gasteiger partial charge in [-0.1, -0.05) is 30.8 Å². The Morgan fingerprint density at radius 3 is 2.73 bits per heavy atom. The quantitative estimate of drug-likeness (QED) is 0.448. The molecule has 0 unspecified atom stereocenters. The van der Waals surface area contributed by atoms with Crippen molar-refractivity contribution in [3.63, 3.8) is 0 Å². The maximum Gasteiger partial charge on any atom is 0.274 e. The number of benzene rings is 1. The highest BCUT2D eigenvalue weighted by atomic mass is 32.2.